The Morgan fingerprint density at radius 1 is 0.854 bits per heavy atom. The zero-order chi connectivity index (χ0) is 29.2. The van der Waals surface area contributed by atoms with Gasteiger partial charge in [-0.1, -0.05) is 73.4 Å². The largest absolute Gasteiger partial charge is 0.207 e. The zero-order valence-corrected chi connectivity index (χ0v) is 24.6. The Kier molecular flexibility index (Phi) is 11.5. The average Bonchev–Trinajstić information content (AvgIpc) is 3.01. The first-order chi connectivity index (χ1) is 19.9. The number of hydrogen-bond donors (Lipinski definition) is 0. The van der Waals surface area contributed by atoms with Gasteiger partial charge in [-0.3, -0.25) is 0 Å². The highest BCUT2D eigenvalue weighted by atomic mass is 19.2. The molecule has 2 aliphatic carbocycles. The summed E-state index contributed by atoms with van der Waals surface area (Å²) in [6.07, 6.45) is 22.9. The molecule has 2 aromatic rings. The van der Waals surface area contributed by atoms with Gasteiger partial charge < -0.3 is 0 Å². The molecule has 0 aliphatic heterocycles. The third-order valence-corrected chi connectivity index (χ3v) is 9.37. The van der Waals surface area contributed by atoms with Crippen molar-refractivity contribution in [2.45, 2.75) is 77.6 Å². The van der Waals surface area contributed by atoms with Crippen molar-refractivity contribution < 1.29 is 13.2 Å². The summed E-state index contributed by atoms with van der Waals surface area (Å²) in [4.78, 5) is 0. The highest BCUT2D eigenvalue weighted by molar-refractivity contribution is 5.79. The second kappa shape index (κ2) is 15.2. The molecule has 0 atom stereocenters. The van der Waals surface area contributed by atoms with Gasteiger partial charge in [0.05, 0.1) is 0 Å². The van der Waals surface area contributed by atoms with Gasteiger partial charge in [0.2, 0.25) is 0 Å². The van der Waals surface area contributed by atoms with E-state index in [1.165, 1.54) is 51.4 Å². The van der Waals surface area contributed by atoms with Crippen LogP contribution in [-0.4, -0.2) is 0 Å². The number of halogens is 3. The van der Waals surface area contributed by atoms with E-state index in [1.54, 1.807) is 54.6 Å². The quantitative estimate of drug-likeness (QED) is 0.190. The summed E-state index contributed by atoms with van der Waals surface area (Å²) in [5.74, 6) is 1.01. The second-order valence-corrected chi connectivity index (χ2v) is 11.9. The Hall–Kier alpha value is -3.07. The highest BCUT2D eigenvalue weighted by Crippen LogP contribution is 2.42. The van der Waals surface area contributed by atoms with E-state index in [0.29, 0.717) is 46.9 Å². The summed E-state index contributed by atoms with van der Waals surface area (Å²) in [5.41, 5.74) is 2.28. The number of hydrogen-bond acceptors (Lipinski definition) is 0. The third-order valence-electron chi connectivity index (χ3n) is 9.37. The minimum Gasteiger partial charge on any atom is -0.207 e. The lowest BCUT2D eigenvalue weighted by molar-refractivity contribution is 0.156. The van der Waals surface area contributed by atoms with Gasteiger partial charge in [0, 0.05) is 11.1 Å². The van der Waals surface area contributed by atoms with E-state index in [1.807, 2.05) is 19.1 Å². The molecule has 218 valence electrons. The number of benzene rings is 2. The van der Waals surface area contributed by atoms with Gasteiger partial charge in [0.1, 0.15) is 5.83 Å². The van der Waals surface area contributed by atoms with Crippen LogP contribution < -0.4 is 0 Å². The Labute approximate surface area is 245 Å². The Balaban J connectivity index is 1.37. The van der Waals surface area contributed by atoms with E-state index in [4.69, 9.17) is 0 Å². The summed E-state index contributed by atoms with van der Waals surface area (Å²) in [6.45, 7) is 9.65. The van der Waals surface area contributed by atoms with Crippen molar-refractivity contribution in [2.75, 3.05) is 0 Å². The lowest BCUT2D eigenvalue weighted by Gasteiger charge is -2.37. The van der Waals surface area contributed by atoms with Crippen molar-refractivity contribution in [3.05, 3.63) is 115 Å². The molecular formula is C38H45F3. The summed E-state index contributed by atoms with van der Waals surface area (Å²) >= 11 is 0. The molecular weight excluding hydrogens is 513 g/mol. The van der Waals surface area contributed by atoms with E-state index >= 15 is 4.39 Å². The van der Waals surface area contributed by atoms with Crippen LogP contribution in [0.2, 0.25) is 0 Å². The van der Waals surface area contributed by atoms with E-state index in [2.05, 4.69) is 19.2 Å². The van der Waals surface area contributed by atoms with Crippen LogP contribution in [0.25, 0.3) is 16.7 Å². The van der Waals surface area contributed by atoms with Gasteiger partial charge in [-0.05, 0) is 124 Å². The van der Waals surface area contributed by atoms with Crippen LogP contribution in [0, 0.1) is 35.3 Å². The lowest BCUT2D eigenvalue weighted by atomic mass is 9.69. The summed E-state index contributed by atoms with van der Waals surface area (Å²) < 4.78 is 45.1. The second-order valence-electron chi connectivity index (χ2n) is 11.9. The molecule has 0 radical (unpaired) electrons. The molecule has 4 rings (SSSR count). The first-order valence-corrected chi connectivity index (χ1v) is 15.4. The molecule has 41 heavy (non-hydrogen) atoms. The van der Waals surface area contributed by atoms with Crippen LogP contribution in [-0.2, 0) is 6.42 Å². The van der Waals surface area contributed by atoms with Gasteiger partial charge in [-0.25, -0.2) is 13.2 Å². The SMILES string of the molecule is C=C/C=C(\C(F)=C/CC1CCC(C2CCC(C=C)CC2)CC1)c1ccc(-c2ccc(CC/C=C/C)c(F)c2F)cc1. The molecule has 0 heterocycles. The number of rotatable bonds is 11. The van der Waals surface area contributed by atoms with Crippen LogP contribution in [0.3, 0.4) is 0 Å². The van der Waals surface area contributed by atoms with Crippen LogP contribution >= 0.6 is 0 Å². The predicted octanol–water partition coefficient (Wildman–Crippen LogP) is 11.8. The van der Waals surface area contributed by atoms with E-state index < -0.39 is 11.6 Å². The lowest BCUT2D eigenvalue weighted by Crippen LogP contribution is -2.25. The maximum absolute atomic E-state index is 15.5. The molecule has 2 saturated carbocycles. The summed E-state index contributed by atoms with van der Waals surface area (Å²) in [6, 6.07) is 10.3. The van der Waals surface area contributed by atoms with Gasteiger partial charge >= 0.3 is 0 Å². The predicted molar refractivity (Wildman–Crippen MR) is 168 cm³/mol. The number of allylic oxidation sites excluding steroid dienone is 8. The molecule has 0 spiro atoms. The van der Waals surface area contributed by atoms with Gasteiger partial charge in [-0.15, -0.1) is 6.58 Å². The van der Waals surface area contributed by atoms with Crippen molar-refractivity contribution in [1.82, 2.24) is 0 Å². The fourth-order valence-electron chi connectivity index (χ4n) is 6.80. The Bertz CT molecular complexity index is 1250. The first kappa shape index (κ1) is 30.9. The van der Waals surface area contributed by atoms with Crippen molar-refractivity contribution >= 4 is 5.57 Å². The van der Waals surface area contributed by atoms with Crippen LogP contribution in [0.5, 0.6) is 0 Å². The van der Waals surface area contributed by atoms with Crippen molar-refractivity contribution in [2.24, 2.45) is 23.7 Å². The van der Waals surface area contributed by atoms with Gasteiger partial charge in [0.25, 0.3) is 0 Å². The van der Waals surface area contributed by atoms with Crippen molar-refractivity contribution in [1.29, 1.82) is 0 Å². The van der Waals surface area contributed by atoms with Crippen LogP contribution in [0.1, 0.15) is 82.3 Å². The molecule has 0 unspecified atom stereocenters. The molecule has 0 N–H and O–H groups in total. The van der Waals surface area contributed by atoms with Crippen LogP contribution in [0.4, 0.5) is 13.2 Å². The third kappa shape index (κ3) is 8.03. The molecule has 0 amide bonds. The molecule has 0 aromatic heterocycles. The molecule has 2 aliphatic rings. The standard InChI is InChI=1S/C38H45F3/c1-4-7-8-10-33-24-25-35(38(41)37(33)40)32-22-20-31(21-23-32)34(9-5-2)36(39)26-15-28-13-18-30(19-14-28)29-16-11-27(6-3)12-17-29/h4-7,9,20-30H,2-3,8,10-19H2,1H3/b7-4+,34-9-,36-26+. The molecule has 0 nitrogen and oxygen atoms in total. The van der Waals surface area contributed by atoms with E-state index in [9.17, 15) is 8.78 Å². The van der Waals surface area contributed by atoms with Gasteiger partial charge in [-0.2, -0.15) is 0 Å². The molecule has 3 heteroatoms. The van der Waals surface area contributed by atoms with Crippen molar-refractivity contribution in [3.63, 3.8) is 0 Å². The average molecular weight is 559 g/mol. The monoisotopic (exact) mass is 558 g/mol. The minimum absolute atomic E-state index is 0.207. The highest BCUT2D eigenvalue weighted by Gasteiger charge is 2.30. The van der Waals surface area contributed by atoms with Crippen LogP contribution in [0.15, 0.2) is 91.8 Å². The Morgan fingerprint density at radius 3 is 2.12 bits per heavy atom. The van der Waals surface area contributed by atoms with E-state index in [-0.39, 0.29) is 11.4 Å². The Morgan fingerprint density at radius 2 is 1.51 bits per heavy atom. The fraction of sp³-hybridized carbons (Fsp3) is 0.421. The molecule has 2 fully saturated rings. The zero-order valence-electron chi connectivity index (χ0n) is 24.6. The van der Waals surface area contributed by atoms with E-state index in [0.717, 1.165) is 18.3 Å². The molecule has 0 saturated heterocycles. The normalized spacial score (nSPS) is 24.0. The fourth-order valence-corrected chi connectivity index (χ4v) is 6.80. The molecule has 0 bridgehead atoms. The minimum atomic E-state index is -0.845. The molecule has 2 aromatic carbocycles. The number of aryl methyl sites for hydroxylation is 1. The van der Waals surface area contributed by atoms with Gasteiger partial charge in [0.15, 0.2) is 11.6 Å². The summed E-state index contributed by atoms with van der Waals surface area (Å²) in [5, 5.41) is 0. The maximum atomic E-state index is 15.5. The smallest absolute Gasteiger partial charge is 0.166 e. The van der Waals surface area contributed by atoms with Crippen molar-refractivity contribution in [3.8, 4) is 11.1 Å². The topological polar surface area (TPSA) is 0 Å². The maximum Gasteiger partial charge on any atom is 0.166 e. The first-order valence-electron chi connectivity index (χ1n) is 15.4. The summed E-state index contributed by atoms with van der Waals surface area (Å²) in [7, 11) is 0.